The summed E-state index contributed by atoms with van der Waals surface area (Å²) in [6.07, 6.45) is 2.68. The molecule has 1 atom stereocenters. The number of likely N-dealkylation sites (tertiary alicyclic amines) is 1. The van der Waals surface area contributed by atoms with Gasteiger partial charge in [0.15, 0.2) is 0 Å². The molecule has 4 rings (SSSR count). The van der Waals surface area contributed by atoms with Crippen molar-refractivity contribution in [3.8, 4) is 22.9 Å². The van der Waals surface area contributed by atoms with E-state index in [1.807, 2.05) is 48.5 Å². The first-order chi connectivity index (χ1) is 14.7. The number of piperidine rings is 1. The van der Waals surface area contributed by atoms with Gasteiger partial charge in [0.1, 0.15) is 17.5 Å². The van der Waals surface area contributed by atoms with E-state index in [0.717, 1.165) is 30.6 Å². The predicted molar refractivity (Wildman–Crippen MR) is 112 cm³/mol. The van der Waals surface area contributed by atoms with Crippen LogP contribution in [0.25, 0.3) is 11.4 Å². The van der Waals surface area contributed by atoms with Crippen LogP contribution >= 0.6 is 0 Å². The minimum Gasteiger partial charge on any atom is -0.497 e. The number of ether oxygens (including phenoxy) is 2. The molecule has 30 heavy (non-hydrogen) atoms. The van der Waals surface area contributed by atoms with Crippen LogP contribution in [0.15, 0.2) is 53.1 Å². The minimum absolute atomic E-state index is 0.214. The lowest BCUT2D eigenvalue weighted by atomic mass is 10.0. The summed E-state index contributed by atoms with van der Waals surface area (Å²) in [6.45, 7) is 0.617. The number of benzene rings is 2. The third-order valence-electron chi connectivity index (χ3n) is 5.19. The SMILES string of the molecule is COc1ccc(-c2noc([C@H]3CCCCN3C(=O)Nc3ccccc3OC)n2)cc1. The van der Waals surface area contributed by atoms with E-state index in [1.54, 1.807) is 19.1 Å². The molecule has 0 bridgehead atoms. The van der Waals surface area contributed by atoms with Crippen molar-refractivity contribution in [2.45, 2.75) is 25.3 Å². The Balaban J connectivity index is 1.53. The Hall–Kier alpha value is -3.55. The molecule has 0 aliphatic carbocycles. The minimum atomic E-state index is -0.270. The van der Waals surface area contributed by atoms with Crippen LogP contribution in [-0.2, 0) is 0 Å². The van der Waals surface area contributed by atoms with E-state index in [9.17, 15) is 4.79 Å². The average Bonchev–Trinajstić information content (AvgIpc) is 3.29. The van der Waals surface area contributed by atoms with E-state index in [4.69, 9.17) is 14.0 Å². The number of amides is 2. The van der Waals surface area contributed by atoms with Gasteiger partial charge in [-0.3, -0.25) is 0 Å². The second-order valence-electron chi connectivity index (χ2n) is 7.02. The molecule has 1 aliphatic heterocycles. The molecule has 0 radical (unpaired) electrons. The van der Waals surface area contributed by atoms with E-state index in [-0.39, 0.29) is 12.1 Å². The predicted octanol–water partition coefficient (Wildman–Crippen LogP) is 4.51. The van der Waals surface area contributed by atoms with Crippen LogP contribution in [-0.4, -0.2) is 41.8 Å². The Labute approximate surface area is 174 Å². The van der Waals surface area contributed by atoms with Gasteiger partial charge in [0.25, 0.3) is 0 Å². The highest BCUT2D eigenvalue weighted by atomic mass is 16.5. The van der Waals surface area contributed by atoms with E-state index in [0.29, 0.717) is 29.7 Å². The number of carbonyl (C=O) groups is 1. The monoisotopic (exact) mass is 408 g/mol. The molecule has 2 amide bonds. The summed E-state index contributed by atoms with van der Waals surface area (Å²) in [7, 11) is 3.20. The number of nitrogens with one attached hydrogen (secondary N) is 1. The van der Waals surface area contributed by atoms with Gasteiger partial charge in [-0.25, -0.2) is 4.79 Å². The van der Waals surface area contributed by atoms with Gasteiger partial charge in [-0.05, 0) is 55.7 Å². The van der Waals surface area contributed by atoms with Crippen LogP contribution < -0.4 is 14.8 Å². The molecule has 1 aliphatic rings. The van der Waals surface area contributed by atoms with Gasteiger partial charge in [-0.15, -0.1) is 0 Å². The number of nitrogens with zero attached hydrogens (tertiary/aromatic N) is 3. The molecule has 8 heteroatoms. The van der Waals surface area contributed by atoms with Gasteiger partial charge in [-0.2, -0.15) is 4.98 Å². The summed E-state index contributed by atoms with van der Waals surface area (Å²) in [5.74, 6) is 2.30. The standard InChI is InChI=1S/C22H24N4O4/c1-28-16-12-10-15(11-13-16)20-24-21(30-25-20)18-8-5-6-14-26(18)22(27)23-17-7-3-4-9-19(17)29-2/h3-4,7,9-13,18H,5-6,8,14H2,1-2H3,(H,23,27)/t18-/m1/s1. The number of aromatic nitrogens is 2. The van der Waals surface area contributed by atoms with Gasteiger partial charge in [0.2, 0.25) is 11.7 Å². The van der Waals surface area contributed by atoms with E-state index >= 15 is 0 Å². The Kier molecular flexibility index (Phi) is 5.83. The first-order valence-corrected chi connectivity index (χ1v) is 9.88. The number of urea groups is 1. The highest BCUT2D eigenvalue weighted by molar-refractivity contribution is 5.91. The first-order valence-electron chi connectivity index (χ1n) is 9.88. The van der Waals surface area contributed by atoms with E-state index < -0.39 is 0 Å². The van der Waals surface area contributed by atoms with Crippen molar-refractivity contribution >= 4 is 11.7 Å². The lowest BCUT2D eigenvalue weighted by molar-refractivity contribution is 0.142. The maximum Gasteiger partial charge on any atom is 0.322 e. The highest BCUT2D eigenvalue weighted by Gasteiger charge is 2.32. The number of rotatable bonds is 5. The Morgan fingerprint density at radius 1 is 1.10 bits per heavy atom. The maximum atomic E-state index is 13.0. The van der Waals surface area contributed by atoms with Crippen LogP contribution in [0.5, 0.6) is 11.5 Å². The zero-order chi connectivity index (χ0) is 20.9. The number of hydrogen-bond acceptors (Lipinski definition) is 6. The summed E-state index contributed by atoms with van der Waals surface area (Å²) < 4.78 is 16.1. The fraction of sp³-hybridized carbons (Fsp3) is 0.318. The molecule has 1 N–H and O–H groups in total. The Morgan fingerprint density at radius 2 is 1.90 bits per heavy atom. The molecule has 1 saturated heterocycles. The number of methoxy groups -OCH3 is 2. The zero-order valence-electron chi connectivity index (χ0n) is 17.0. The molecular weight excluding hydrogens is 384 g/mol. The van der Waals surface area contributed by atoms with Crippen LogP contribution in [0.4, 0.5) is 10.5 Å². The molecule has 0 saturated carbocycles. The van der Waals surface area contributed by atoms with Crippen LogP contribution in [0.2, 0.25) is 0 Å². The van der Waals surface area contributed by atoms with Crippen molar-refractivity contribution in [3.05, 3.63) is 54.4 Å². The van der Waals surface area contributed by atoms with Crippen molar-refractivity contribution in [3.63, 3.8) is 0 Å². The molecule has 2 aromatic carbocycles. The highest BCUT2D eigenvalue weighted by Crippen LogP contribution is 2.33. The average molecular weight is 408 g/mol. The zero-order valence-corrected chi connectivity index (χ0v) is 17.0. The lowest BCUT2D eigenvalue weighted by Crippen LogP contribution is -2.41. The van der Waals surface area contributed by atoms with Crippen LogP contribution in [0, 0.1) is 0 Å². The van der Waals surface area contributed by atoms with Gasteiger partial charge >= 0.3 is 6.03 Å². The molecule has 1 aromatic heterocycles. The summed E-state index contributed by atoms with van der Waals surface area (Å²) >= 11 is 0. The summed E-state index contributed by atoms with van der Waals surface area (Å²) in [5.41, 5.74) is 1.45. The lowest BCUT2D eigenvalue weighted by Gasteiger charge is -2.33. The molecule has 3 aromatic rings. The Morgan fingerprint density at radius 3 is 2.67 bits per heavy atom. The second kappa shape index (κ2) is 8.86. The molecular formula is C22H24N4O4. The molecule has 1 fully saturated rings. The number of hydrogen-bond donors (Lipinski definition) is 1. The molecule has 0 spiro atoms. The molecule has 2 heterocycles. The third kappa shape index (κ3) is 4.07. The van der Waals surface area contributed by atoms with Crippen molar-refractivity contribution < 1.29 is 18.8 Å². The van der Waals surface area contributed by atoms with Crippen molar-refractivity contribution in [1.29, 1.82) is 0 Å². The van der Waals surface area contributed by atoms with Gasteiger partial charge in [-0.1, -0.05) is 17.3 Å². The molecule has 8 nitrogen and oxygen atoms in total. The fourth-order valence-corrected chi connectivity index (χ4v) is 3.59. The van der Waals surface area contributed by atoms with Crippen molar-refractivity contribution in [2.75, 3.05) is 26.1 Å². The number of carbonyl (C=O) groups excluding carboxylic acids is 1. The largest absolute Gasteiger partial charge is 0.497 e. The maximum absolute atomic E-state index is 13.0. The summed E-state index contributed by atoms with van der Waals surface area (Å²) in [5, 5.41) is 7.06. The normalized spacial score (nSPS) is 16.2. The smallest absolute Gasteiger partial charge is 0.322 e. The molecule has 156 valence electrons. The topological polar surface area (TPSA) is 89.7 Å². The first kappa shape index (κ1) is 19.8. The van der Waals surface area contributed by atoms with Gasteiger partial charge in [0.05, 0.1) is 19.9 Å². The number of para-hydroxylation sites is 2. The quantitative estimate of drug-likeness (QED) is 0.668. The van der Waals surface area contributed by atoms with Gasteiger partial charge in [0, 0.05) is 12.1 Å². The third-order valence-corrected chi connectivity index (χ3v) is 5.19. The van der Waals surface area contributed by atoms with Crippen LogP contribution in [0.3, 0.4) is 0 Å². The summed E-state index contributed by atoms with van der Waals surface area (Å²) in [4.78, 5) is 19.3. The molecule has 0 unspecified atom stereocenters. The Bertz CT molecular complexity index is 1000. The fourth-order valence-electron chi connectivity index (χ4n) is 3.59. The summed E-state index contributed by atoms with van der Waals surface area (Å²) in [6, 6.07) is 14.3. The van der Waals surface area contributed by atoms with Crippen molar-refractivity contribution in [1.82, 2.24) is 15.0 Å². The van der Waals surface area contributed by atoms with E-state index in [2.05, 4.69) is 15.5 Å². The van der Waals surface area contributed by atoms with Crippen LogP contribution in [0.1, 0.15) is 31.2 Å². The van der Waals surface area contributed by atoms with E-state index in [1.165, 1.54) is 0 Å². The number of anilines is 1. The van der Waals surface area contributed by atoms with Gasteiger partial charge < -0.3 is 24.2 Å². The second-order valence-corrected chi connectivity index (χ2v) is 7.02. The van der Waals surface area contributed by atoms with Crippen molar-refractivity contribution in [2.24, 2.45) is 0 Å².